The third-order valence-corrected chi connectivity index (χ3v) is 4.88. The van der Waals surface area contributed by atoms with E-state index < -0.39 is 5.76 Å². The Hall–Kier alpha value is -2.82. The predicted octanol–water partition coefficient (Wildman–Crippen LogP) is 2.83. The number of fused-ring (bicyclic) bond motifs is 1. The van der Waals surface area contributed by atoms with Crippen molar-refractivity contribution in [3.63, 3.8) is 0 Å². The van der Waals surface area contributed by atoms with E-state index in [1.807, 2.05) is 35.2 Å². The number of hydrogen-bond acceptors (Lipinski definition) is 3. The molecule has 0 aliphatic carbocycles. The largest absolute Gasteiger partial charge is 0.420 e. The average Bonchev–Trinajstić information content (AvgIpc) is 3.21. The molecule has 1 fully saturated rings. The molecule has 5 nitrogen and oxygen atoms in total. The van der Waals surface area contributed by atoms with Gasteiger partial charge in [-0.2, -0.15) is 0 Å². The van der Waals surface area contributed by atoms with Crippen molar-refractivity contribution in [1.29, 1.82) is 0 Å². The summed E-state index contributed by atoms with van der Waals surface area (Å²) in [7, 11) is 0. The van der Waals surface area contributed by atoms with Crippen molar-refractivity contribution in [1.82, 2.24) is 9.47 Å². The van der Waals surface area contributed by atoms with Crippen LogP contribution in [0.25, 0.3) is 11.1 Å². The molecule has 0 spiro atoms. The number of para-hydroxylation sites is 2. The van der Waals surface area contributed by atoms with Crippen molar-refractivity contribution >= 4 is 17.0 Å². The lowest BCUT2D eigenvalue weighted by Crippen LogP contribution is -2.40. The molecule has 1 atom stereocenters. The van der Waals surface area contributed by atoms with Crippen molar-refractivity contribution < 1.29 is 9.21 Å². The van der Waals surface area contributed by atoms with E-state index in [0.29, 0.717) is 11.1 Å². The van der Waals surface area contributed by atoms with Crippen molar-refractivity contribution in [3.05, 3.63) is 70.7 Å². The van der Waals surface area contributed by atoms with Crippen LogP contribution in [0.3, 0.4) is 0 Å². The lowest BCUT2D eigenvalue weighted by atomic mass is 10.0. The van der Waals surface area contributed by atoms with Gasteiger partial charge < -0.3 is 9.32 Å². The van der Waals surface area contributed by atoms with Crippen LogP contribution in [0.5, 0.6) is 0 Å². The molecule has 25 heavy (non-hydrogen) atoms. The smallest absolute Gasteiger partial charge is 0.408 e. The molecule has 1 saturated heterocycles. The van der Waals surface area contributed by atoms with Crippen LogP contribution < -0.4 is 5.76 Å². The van der Waals surface area contributed by atoms with Crippen molar-refractivity contribution in [2.24, 2.45) is 0 Å². The molecule has 1 unspecified atom stereocenters. The highest BCUT2D eigenvalue weighted by Gasteiger charge is 2.29. The third kappa shape index (κ3) is 3.09. The quantitative estimate of drug-likeness (QED) is 0.736. The number of aromatic nitrogens is 1. The number of amides is 1. The first-order valence-corrected chi connectivity index (χ1v) is 8.64. The highest BCUT2D eigenvalue weighted by molar-refractivity contribution is 5.80. The van der Waals surface area contributed by atoms with Crippen LogP contribution in [0, 0.1) is 0 Å². The lowest BCUT2D eigenvalue weighted by Gasteiger charge is -2.25. The topological polar surface area (TPSA) is 55.5 Å². The van der Waals surface area contributed by atoms with Gasteiger partial charge in [0.15, 0.2) is 5.58 Å². The number of likely N-dealkylation sites (tertiary alicyclic amines) is 1. The van der Waals surface area contributed by atoms with E-state index in [-0.39, 0.29) is 18.5 Å². The molecule has 0 saturated carbocycles. The van der Waals surface area contributed by atoms with Crippen molar-refractivity contribution in [3.8, 4) is 0 Å². The summed E-state index contributed by atoms with van der Waals surface area (Å²) in [5.74, 6) is -0.500. The Morgan fingerprint density at radius 3 is 2.68 bits per heavy atom. The summed E-state index contributed by atoms with van der Waals surface area (Å²) in [4.78, 5) is 26.8. The molecule has 5 heteroatoms. The molecule has 2 aromatic carbocycles. The van der Waals surface area contributed by atoms with E-state index in [4.69, 9.17) is 4.42 Å². The lowest BCUT2D eigenvalue weighted by molar-refractivity contribution is -0.132. The van der Waals surface area contributed by atoms with E-state index in [1.54, 1.807) is 12.1 Å². The number of nitrogens with zero attached hydrogens (tertiary/aromatic N) is 2. The van der Waals surface area contributed by atoms with Crippen LogP contribution in [0.4, 0.5) is 0 Å². The van der Waals surface area contributed by atoms with Gasteiger partial charge in [0.2, 0.25) is 5.91 Å². The monoisotopic (exact) mass is 336 g/mol. The second-order valence-corrected chi connectivity index (χ2v) is 6.49. The zero-order valence-corrected chi connectivity index (χ0v) is 13.9. The highest BCUT2D eigenvalue weighted by atomic mass is 16.4. The standard InChI is InChI=1S/C20H20N2O3/c23-19(14-22-17-10-4-5-11-18(17)25-20(22)24)21-12-6-9-16(21)13-15-7-2-1-3-8-15/h1-5,7-8,10-11,16H,6,9,12-14H2. The summed E-state index contributed by atoms with van der Waals surface area (Å²) >= 11 is 0. The van der Waals surface area contributed by atoms with Crippen LogP contribution in [0.15, 0.2) is 63.8 Å². The second kappa shape index (κ2) is 6.59. The average molecular weight is 336 g/mol. The minimum absolute atomic E-state index is 0.0212. The molecular weight excluding hydrogens is 316 g/mol. The van der Waals surface area contributed by atoms with E-state index in [9.17, 15) is 9.59 Å². The van der Waals surface area contributed by atoms with E-state index in [1.165, 1.54) is 10.1 Å². The van der Waals surface area contributed by atoms with Crippen LogP contribution in [0.2, 0.25) is 0 Å². The fourth-order valence-corrected chi connectivity index (χ4v) is 3.65. The van der Waals surface area contributed by atoms with Gasteiger partial charge in [-0.15, -0.1) is 0 Å². The maximum Gasteiger partial charge on any atom is 0.420 e. The minimum atomic E-state index is -0.478. The molecule has 4 rings (SSSR count). The number of hydrogen-bond donors (Lipinski definition) is 0. The molecule has 1 aliphatic heterocycles. The summed E-state index contributed by atoms with van der Waals surface area (Å²) in [6.07, 6.45) is 2.86. The molecule has 2 heterocycles. The fourth-order valence-electron chi connectivity index (χ4n) is 3.65. The van der Waals surface area contributed by atoms with Gasteiger partial charge in [0.05, 0.1) is 5.52 Å². The normalized spacial score (nSPS) is 17.3. The summed E-state index contributed by atoms with van der Waals surface area (Å²) in [6, 6.07) is 17.6. The molecule has 0 radical (unpaired) electrons. The van der Waals surface area contributed by atoms with Crippen molar-refractivity contribution in [2.75, 3.05) is 6.54 Å². The van der Waals surface area contributed by atoms with Gasteiger partial charge in [-0.25, -0.2) is 4.79 Å². The Balaban J connectivity index is 1.53. The zero-order chi connectivity index (χ0) is 17.2. The Kier molecular flexibility index (Phi) is 4.14. The summed E-state index contributed by atoms with van der Waals surface area (Å²) in [5.41, 5.74) is 2.42. The van der Waals surface area contributed by atoms with Crippen molar-refractivity contribution in [2.45, 2.75) is 31.8 Å². The molecule has 128 valence electrons. The minimum Gasteiger partial charge on any atom is -0.408 e. The maximum absolute atomic E-state index is 12.8. The fraction of sp³-hybridized carbons (Fsp3) is 0.300. The van der Waals surface area contributed by atoms with Gasteiger partial charge in [-0.1, -0.05) is 42.5 Å². The number of carbonyl (C=O) groups is 1. The maximum atomic E-state index is 12.8. The molecule has 3 aromatic rings. The first-order chi connectivity index (χ1) is 12.2. The SMILES string of the molecule is O=C(Cn1c(=O)oc2ccccc21)N1CCCC1Cc1ccccc1. The highest BCUT2D eigenvalue weighted by Crippen LogP contribution is 2.22. The predicted molar refractivity (Wildman–Crippen MR) is 95.4 cm³/mol. The second-order valence-electron chi connectivity index (χ2n) is 6.49. The Labute approximate surface area is 145 Å². The van der Waals surface area contributed by atoms with Gasteiger partial charge in [0.1, 0.15) is 6.54 Å². The van der Waals surface area contributed by atoms with Crippen LogP contribution in [-0.2, 0) is 17.8 Å². The summed E-state index contributed by atoms with van der Waals surface area (Å²) in [6.45, 7) is 0.780. The van der Waals surface area contributed by atoms with Crippen LogP contribution in [-0.4, -0.2) is 28.0 Å². The van der Waals surface area contributed by atoms with Gasteiger partial charge in [0, 0.05) is 12.6 Å². The molecule has 1 amide bonds. The molecule has 0 N–H and O–H groups in total. The van der Waals surface area contributed by atoms with Crippen LogP contribution >= 0.6 is 0 Å². The first kappa shape index (κ1) is 15.7. The van der Waals surface area contributed by atoms with E-state index >= 15 is 0 Å². The van der Waals surface area contributed by atoms with Crippen LogP contribution in [0.1, 0.15) is 18.4 Å². The number of oxazole rings is 1. The third-order valence-electron chi connectivity index (χ3n) is 4.88. The van der Waals surface area contributed by atoms with Gasteiger partial charge in [-0.3, -0.25) is 9.36 Å². The zero-order valence-electron chi connectivity index (χ0n) is 13.9. The Morgan fingerprint density at radius 2 is 1.84 bits per heavy atom. The summed E-state index contributed by atoms with van der Waals surface area (Å²) < 4.78 is 6.65. The number of rotatable bonds is 4. The Bertz CT molecular complexity index is 942. The van der Waals surface area contributed by atoms with Gasteiger partial charge in [-0.05, 0) is 37.0 Å². The van der Waals surface area contributed by atoms with E-state index in [2.05, 4.69) is 12.1 Å². The molecule has 1 aromatic heterocycles. The molecule has 0 bridgehead atoms. The molecular formula is C20H20N2O3. The van der Waals surface area contributed by atoms with Gasteiger partial charge >= 0.3 is 5.76 Å². The summed E-state index contributed by atoms with van der Waals surface area (Å²) in [5, 5.41) is 0. The first-order valence-electron chi connectivity index (χ1n) is 8.64. The molecule has 1 aliphatic rings. The number of carbonyl (C=O) groups excluding carboxylic acids is 1. The number of benzene rings is 2. The van der Waals surface area contributed by atoms with Gasteiger partial charge in [0.25, 0.3) is 0 Å². The Morgan fingerprint density at radius 1 is 1.08 bits per heavy atom. The van der Waals surface area contributed by atoms with E-state index in [0.717, 1.165) is 25.8 Å².